The maximum Gasteiger partial charge on any atom is 0.328 e. The normalized spacial score (nSPS) is 19.0. The van der Waals surface area contributed by atoms with Crippen LogP contribution in [0.1, 0.15) is 22.3 Å². The van der Waals surface area contributed by atoms with Gasteiger partial charge in [0.1, 0.15) is 0 Å². The number of rotatable bonds is 3. The van der Waals surface area contributed by atoms with Crippen molar-refractivity contribution in [3.05, 3.63) is 35.7 Å². The smallest absolute Gasteiger partial charge is 0.328 e. The maximum absolute atomic E-state index is 12.1. The second kappa shape index (κ2) is 5.62. The molecule has 1 atom stereocenters. The van der Waals surface area contributed by atoms with Gasteiger partial charge in [0.05, 0.1) is 11.7 Å². The standard InChI is InChI=1S/C13H14N2O4/c16-11-3-4-15(8-11)13(19)10-5-9(6-14-7-10)1-2-12(17)18/h1-2,5-7,11,16H,3-4,8H2,(H,17,18). The van der Waals surface area contributed by atoms with Crippen molar-refractivity contribution < 1.29 is 19.8 Å². The van der Waals surface area contributed by atoms with Crippen LogP contribution in [0.5, 0.6) is 0 Å². The van der Waals surface area contributed by atoms with E-state index in [2.05, 4.69) is 4.98 Å². The molecule has 1 aliphatic heterocycles. The van der Waals surface area contributed by atoms with Gasteiger partial charge in [-0.15, -0.1) is 0 Å². The number of aliphatic hydroxyl groups excluding tert-OH is 1. The predicted molar refractivity (Wildman–Crippen MR) is 67.4 cm³/mol. The summed E-state index contributed by atoms with van der Waals surface area (Å²) in [5.74, 6) is -1.26. The van der Waals surface area contributed by atoms with Crippen molar-refractivity contribution in [3.63, 3.8) is 0 Å². The topological polar surface area (TPSA) is 90.7 Å². The third-order valence-electron chi connectivity index (χ3n) is 2.88. The number of carboxylic acids is 1. The first-order chi connectivity index (χ1) is 9.06. The molecule has 2 rings (SSSR count). The molecule has 100 valence electrons. The summed E-state index contributed by atoms with van der Waals surface area (Å²) in [5, 5.41) is 18.0. The van der Waals surface area contributed by atoms with Crippen molar-refractivity contribution in [2.75, 3.05) is 13.1 Å². The first-order valence-corrected chi connectivity index (χ1v) is 5.89. The minimum atomic E-state index is -1.06. The molecule has 1 aromatic heterocycles. The van der Waals surface area contributed by atoms with Gasteiger partial charge in [0.25, 0.3) is 5.91 Å². The van der Waals surface area contributed by atoms with E-state index >= 15 is 0 Å². The molecule has 2 N–H and O–H groups in total. The number of likely N-dealkylation sites (tertiary alicyclic amines) is 1. The van der Waals surface area contributed by atoms with Crippen molar-refractivity contribution in [2.45, 2.75) is 12.5 Å². The van der Waals surface area contributed by atoms with E-state index in [0.717, 1.165) is 6.08 Å². The quantitative estimate of drug-likeness (QED) is 0.769. The molecule has 0 aliphatic carbocycles. The highest BCUT2D eigenvalue weighted by Crippen LogP contribution is 2.14. The molecule has 1 unspecified atom stereocenters. The molecular weight excluding hydrogens is 248 g/mol. The number of aliphatic carboxylic acids is 1. The van der Waals surface area contributed by atoms with Crippen LogP contribution < -0.4 is 0 Å². The molecule has 6 heteroatoms. The van der Waals surface area contributed by atoms with Crippen LogP contribution in [0.2, 0.25) is 0 Å². The summed E-state index contributed by atoms with van der Waals surface area (Å²) in [4.78, 5) is 28.0. The summed E-state index contributed by atoms with van der Waals surface area (Å²) in [6.45, 7) is 0.850. The molecular formula is C13H14N2O4. The van der Waals surface area contributed by atoms with Crippen LogP contribution in [0, 0.1) is 0 Å². The molecule has 2 heterocycles. The molecule has 1 aliphatic rings. The Morgan fingerprint density at radius 2 is 2.21 bits per heavy atom. The van der Waals surface area contributed by atoms with Crippen molar-refractivity contribution in [2.24, 2.45) is 0 Å². The van der Waals surface area contributed by atoms with E-state index in [4.69, 9.17) is 5.11 Å². The number of nitrogens with zero attached hydrogens (tertiary/aromatic N) is 2. The van der Waals surface area contributed by atoms with E-state index in [-0.39, 0.29) is 5.91 Å². The lowest BCUT2D eigenvalue weighted by Gasteiger charge is -2.15. The van der Waals surface area contributed by atoms with Crippen LogP contribution in [0.15, 0.2) is 24.5 Å². The molecule has 0 saturated carbocycles. The molecule has 1 fully saturated rings. The summed E-state index contributed by atoms with van der Waals surface area (Å²) in [7, 11) is 0. The Morgan fingerprint density at radius 1 is 1.42 bits per heavy atom. The zero-order valence-corrected chi connectivity index (χ0v) is 10.2. The molecule has 0 aromatic carbocycles. The number of carboxylic acid groups (broad SMARTS) is 1. The Balaban J connectivity index is 2.14. The second-order valence-electron chi connectivity index (χ2n) is 4.37. The van der Waals surface area contributed by atoms with Crippen LogP contribution in [0.3, 0.4) is 0 Å². The van der Waals surface area contributed by atoms with E-state index in [1.165, 1.54) is 18.5 Å². The van der Waals surface area contributed by atoms with Gasteiger partial charge in [0.2, 0.25) is 0 Å². The lowest BCUT2D eigenvalue weighted by Crippen LogP contribution is -2.29. The van der Waals surface area contributed by atoms with Crippen LogP contribution in [-0.2, 0) is 4.79 Å². The van der Waals surface area contributed by atoms with Gasteiger partial charge >= 0.3 is 5.97 Å². The number of aliphatic hydroxyl groups is 1. The minimum absolute atomic E-state index is 0.199. The fourth-order valence-corrected chi connectivity index (χ4v) is 1.94. The van der Waals surface area contributed by atoms with Crippen LogP contribution in [0.25, 0.3) is 6.08 Å². The number of amides is 1. The van der Waals surface area contributed by atoms with Gasteiger partial charge in [-0.2, -0.15) is 0 Å². The van der Waals surface area contributed by atoms with E-state index < -0.39 is 12.1 Å². The van der Waals surface area contributed by atoms with Gasteiger partial charge in [0, 0.05) is 31.6 Å². The Kier molecular flexibility index (Phi) is 3.91. The molecule has 0 bridgehead atoms. The number of hydrogen-bond donors (Lipinski definition) is 2. The van der Waals surface area contributed by atoms with Gasteiger partial charge in [-0.1, -0.05) is 0 Å². The average Bonchev–Trinajstić information content (AvgIpc) is 2.82. The molecule has 6 nitrogen and oxygen atoms in total. The van der Waals surface area contributed by atoms with Gasteiger partial charge in [-0.25, -0.2) is 4.79 Å². The third-order valence-corrected chi connectivity index (χ3v) is 2.88. The summed E-state index contributed by atoms with van der Waals surface area (Å²) in [6.07, 6.45) is 5.40. The minimum Gasteiger partial charge on any atom is -0.478 e. The van der Waals surface area contributed by atoms with E-state index in [1.807, 2.05) is 0 Å². The van der Waals surface area contributed by atoms with Gasteiger partial charge in [-0.3, -0.25) is 9.78 Å². The Labute approximate surface area is 110 Å². The fourth-order valence-electron chi connectivity index (χ4n) is 1.94. The summed E-state index contributed by atoms with van der Waals surface area (Å²) in [5.41, 5.74) is 0.939. The predicted octanol–water partition coefficient (Wildman–Crippen LogP) is 0.386. The number of aromatic nitrogens is 1. The molecule has 1 saturated heterocycles. The maximum atomic E-state index is 12.1. The molecule has 1 amide bonds. The SMILES string of the molecule is O=C(O)C=Cc1cncc(C(=O)N2CCC(O)C2)c1. The first kappa shape index (κ1) is 13.2. The molecule has 0 spiro atoms. The first-order valence-electron chi connectivity index (χ1n) is 5.89. The van der Waals surface area contributed by atoms with Crippen molar-refractivity contribution in [3.8, 4) is 0 Å². The summed E-state index contributed by atoms with van der Waals surface area (Å²) in [6, 6.07) is 1.58. The number of carbonyl (C=O) groups is 2. The average molecular weight is 262 g/mol. The number of β-amino-alcohol motifs (C(OH)–C–C–N with tert-alkyl or cyclic N) is 1. The highest BCUT2D eigenvalue weighted by Gasteiger charge is 2.25. The van der Waals surface area contributed by atoms with Gasteiger partial charge < -0.3 is 15.1 Å². The monoisotopic (exact) mass is 262 g/mol. The summed E-state index contributed by atoms with van der Waals surface area (Å²) >= 11 is 0. The number of carbonyl (C=O) groups excluding carboxylic acids is 1. The van der Waals surface area contributed by atoms with Crippen LogP contribution >= 0.6 is 0 Å². The Bertz CT molecular complexity index is 527. The third kappa shape index (κ3) is 3.38. The van der Waals surface area contributed by atoms with Gasteiger partial charge in [0.15, 0.2) is 0 Å². The van der Waals surface area contributed by atoms with E-state index in [1.54, 1.807) is 11.0 Å². The van der Waals surface area contributed by atoms with E-state index in [9.17, 15) is 14.7 Å². The lowest BCUT2D eigenvalue weighted by molar-refractivity contribution is -0.131. The fraction of sp³-hybridized carbons (Fsp3) is 0.308. The Morgan fingerprint density at radius 3 is 2.84 bits per heavy atom. The number of pyridine rings is 1. The van der Waals surface area contributed by atoms with Crippen LogP contribution in [0.4, 0.5) is 0 Å². The highest BCUT2D eigenvalue weighted by molar-refractivity contribution is 5.95. The highest BCUT2D eigenvalue weighted by atomic mass is 16.4. The number of hydrogen-bond acceptors (Lipinski definition) is 4. The van der Waals surface area contributed by atoms with Crippen molar-refractivity contribution in [1.82, 2.24) is 9.88 Å². The second-order valence-corrected chi connectivity index (χ2v) is 4.37. The largest absolute Gasteiger partial charge is 0.478 e. The van der Waals surface area contributed by atoms with Crippen molar-refractivity contribution in [1.29, 1.82) is 0 Å². The molecule has 19 heavy (non-hydrogen) atoms. The molecule has 1 aromatic rings. The summed E-state index contributed by atoms with van der Waals surface area (Å²) < 4.78 is 0. The molecule has 0 radical (unpaired) electrons. The van der Waals surface area contributed by atoms with Gasteiger partial charge in [-0.05, 0) is 24.1 Å². The zero-order chi connectivity index (χ0) is 13.8. The van der Waals surface area contributed by atoms with Crippen molar-refractivity contribution >= 4 is 18.0 Å². The Hall–Kier alpha value is -2.21. The van der Waals surface area contributed by atoms with E-state index in [0.29, 0.717) is 30.6 Å². The lowest BCUT2D eigenvalue weighted by atomic mass is 10.2. The van der Waals surface area contributed by atoms with Crippen LogP contribution in [-0.4, -0.2) is 51.2 Å². The zero-order valence-electron chi connectivity index (χ0n) is 10.2.